The third kappa shape index (κ3) is 5.04. The van der Waals surface area contributed by atoms with Crippen molar-refractivity contribution in [3.8, 4) is 23.1 Å². The molecule has 0 bridgehead atoms. The second-order valence-corrected chi connectivity index (χ2v) is 6.59. The zero-order valence-corrected chi connectivity index (χ0v) is 15.6. The van der Waals surface area contributed by atoms with Crippen molar-refractivity contribution in [2.45, 2.75) is 6.42 Å². The molecule has 140 valence electrons. The summed E-state index contributed by atoms with van der Waals surface area (Å²) in [4.78, 5) is 27.8. The number of hydrogen-bond acceptors (Lipinski definition) is 5. The Labute approximate surface area is 166 Å². The summed E-state index contributed by atoms with van der Waals surface area (Å²) in [6, 6.07) is 16.2. The fourth-order valence-corrected chi connectivity index (χ4v) is 3.11. The summed E-state index contributed by atoms with van der Waals surface area (Å²) >= 11 is 1.31. The molecule has 28 heavy (non-hydrogen) atoms. The van der Waals surface area contributed by atoms with Crippen LogP contribution in [0.25, 0.3) is 11.3 Å². The number of benzene rings is 2. The van der Waals surface area contributed by atoms with E-state index in [-0.39, 0.29) is 5.91 Å². The lowest BCUT2D eigenvalue weighted by Gasteiger charge is -1.99. The average molecular weight is 391 g/mol. The Morgan fingerprint density at radius 3 is 2.50 bits per heavy atom. The monoisotopic (exact) mass is 391 g/mol. The number of thiazole rings is 1. The fourth-order valence-electron chi connectivity index (χ4n) is 2.37. The number of carbonyl (C=O) groups excluding carboxylic acids is 2. The van der Waals surface area contributed by atoms with Crippen LogP contribution in [0.3, 0.4) is 0 Å². The van der Waals surface area contributed by atoms with Crippen molar-refractivity contribution >= 4 is 23.2 Å². The van der Waals surface area contributed by atoms with Crippen LogP contribution in [0.5, 0.6) is 0 Å². The zero-order chi connectivity index (χ0) is 19.8. The quantitative estimate of drug-likeness (QED) is 0.270. The smallest absolute Gasteiger partial charge is 0.280 e. The molecule has 0 unspecified atom stereocenters. The van der Waals surface area contributed by atoms with Crippen LogP contribution in [0.15, 0.2) is 60.0 Å². The first-order valence-corrected chi connectivity index (χ1v) is 9.38. The van der Waals surface area contributed by atoms with Crippen molar-refractivity contribution in [1.82, 2.24) is 15.8 Å². The second-order valence-electron chi connectivity index (χ2n) is 5.73. The minimum Gasteiger partial charge on any atom is -0.349 e. The SMILES string of the molecule is O=C(NO)c1ccc(C#CCCNC(=O)c2nc(-c3ccccc3)cs2)cc1. The second kappa shape index (κ2) is 9.46. The highest BCUT2D eigenvalue weighted by atomic mass is 32.1. The van der Waals surface area contributed by atoms with Gasteiger partial charge in [0.05, 0.1) is 5.69 Å². The fraction of sp³-hybridized carbons (Fsp3) is 0.0952. The van der Waals surface area contributed by atoms with E-state index < -0.39 is 5.91 Å². The highest BCUT2D eigenvalue weighted by molar-refractivity contribution is 7.12. The van der Waals surface area contributed by atoms with Crippen molar-refractivity contribution in [3.63, 3.8) is 0 Å². The summed E-state index contributed by atoms with van der Waals surface area (Å²) in [7, 11) is 0. The first-order chi connectivity index (χ1) is 13.7. The summed E-state index contributed by atoms with van der Waals surface area (Å²) in [5.74, 6) is 5.15. The Bertz CT molecular complexity index is 1020. The number of rotatable bonds is 5. The summed E-state index contributed by atoms with van der Waals surface area (Å²) in [5, 5.41) is 13.7. The average Bonchev–Trinajstić information content (AvgIpc) is 3.24. The number of nitrogens with zero attached hydrogens (tertiary/aromatic N) is 1. The number of aromatic nitrogens is 1. The van der Waals surface area contributed by atoms with Gasteiger partial charge in [-0.1, -0.05) is 42.2 Å². The van der Waals surface area contributed by atoms with Gasteiger partial charge in [0.2, 0.25) is 0 Å². The molecule has 0 aliphatic carbocycles. The highest BCUT2D eigenvalue weighted by Crippen LogP contribution is 2.21. The predicted octanol–water partition coefficient (Wildman–Crippen LogP) is 3.10. The van der Waals surface area contributed by atoms with E-state index in [9.17, 15) is 9.59 Å². The van der Waals surface area contributed by atoms with Gasteiger partial charge in [0.15, 0.2) is 5.01 Å². The van der Waals surface area contributed by atoms with Crippen molar-refractivity contribution in [1.29, 1.82) is 0 Å². The topological polar surface area (TPSA) is 91.3 Å². The Hall–Kier alpha value is -3.47. The maximum atomic E-state index is 12.2. The lowest BCUT2D eigenvalue weighted by Crippen LogP contribution is -2.24. The van der Waals surface area contributed by atoms with Gasteiger partial charge in [-0.25, -0.2) is 10.5 Å². The number of carbonyl (C=O) groups is 2. The predicted molar refractivity (Wildman–Crippen MR) is 107 cm³/mol. The number of nitrogens with one attached hydrogen (secondary N) is 2. The van der Waals surface area contributed by atoms with Crippen LogP contribution in [0.2, 0.25) is 0 Å². The molecule has 7 heteroatoms. The van der Waals surface area contributed by atoms with Gasteiger partial charge in [0.1, 0.15) is 0 Å². The highest BCUT2D eigenvalue weighted by Gasteiger charge is 2.11. The van der Waals surface area contributed by atoms with Crippen LogP contribution in [-0.4, -0.2) is 28.6 Å². The van der Waals surface area contributed by atoms with Crippen molar-refractivity contribution in [2.75, 3.05) is 6.54 Å². The zero-order valence-electron chi connectivity index (χ0n) is 14.8. The van der Waals surface area contributed by atoms with Crippen molar-refractivity contribution < 1.29 is 14.8 Å². The molecule has 0 radical (unpaired) electrons. The Morgan fingerprint density at radius 1 is 1.04 bits per heavy atom. The van der Waals surface area contributed by atoms with Gasteiger partial charge in [0.25, 0.3) is 11.8 Å². The van der Waals surface area contributed by atoms with Gasteiger partial charge in [-0.15, -0.1) is 11.3 Å². The van der Waals surface area contributed by atoms with E-state index in [1.807, 2.05) is 35.7 Å². The Morgan fingerprint density at radius 2 is 1.79 bits per heavy atom. The summed E-state index contributed by atoms with van der Waals surface area (Å²) in [6.07, 6.45) is 0.488. The van der Waals surface area contributed by atoms with Gasteiger partial charge >= 0.3 is 0 Å². The number of hydroxylamine groups is 1. The van der Waals surface area contributed by atoms with Crippen LogP contribution in [-0.2, 0) is 0 Å². The maximum absolute atomic E-state index is 12.2. The molecule has 0 aliphatic heterocycles. The maximum Gasteiger partial charge on any atom is 0.280 e. The molecule has 2 aromatic carbocycles. The first kappa shape index (κ1) is 19.3. The Kier molecular flexibility index (Phi) is 6.52. The molecule has 2 amide bonds. The first-order valence-electron chi connectivity index (χ1n) is 8.50. The normalized spacial score (nSPS) is 9.89. The standard InChI is InChI=1S/C21H17N3O3S/c25-19(24-27)17-11-9-15(10-12-17)6-4-5-13-22-20(26)21-23-18(14-28-21)16-7-2-1-3-8-16/h1-3,7-12,14,27H,5,13H2,(H,22,26)(H,24,25). The molecule has 1 aromatic heterocycles. The molecule has 0 aliphatic rings. The third-order valence-electron chi connectivity index (χ3n) is 3.78. The number of hydrogen-bond donors (Lipinski definition) is 3. The van der Waals surface area contributed by atoms with E-state index in [0.717, 1.165) is 16.8 Å². The van der Waals surface area contributed by atoms with Gasteiger partial charge in [-0.05, 0) is 24.3 Å². The van der Waals surface area contributed by atoms with E-state index in [2.05, 4.69) is 22.1 Å². The van der Waals surface area contributed by atoms with Gasteiger partial charge in [0, 0.05) is 35.0 Å². The molecule has 1 heterocycles. The van der Waals surface area contributed by atoms with E-state index in [1.54, 1.807) is 29.7 Å². The molecule has 6 nitrogen and oxygen atoms in total. The van der Waals surface area contributed by atoms with Crippen LogP contribution in [0, 0.1) is 11.8 Å². The summed E-state index contributed by atoms with van der Waals surface area (Å²) < 4.78 is 0. The van der Waals surface area contributed by atoms with E-state index >= 15 is 0 Å². The lowest BCUT2D eigenvalue weighted by molar-refractivity contribution is 0.0706. The minimum absolute atomic E-state index is 0.214. The molecular weight excluding hydrogens is 374 g/mol. The molecule has 3 rings (SSSR count). The lowest BCUT2D eigenvalue weighted by atomic mass is 10.1. The van der Waals surface area contributed by atoms with Crippen molar-refractivity contribution in [2.24, 2.45) is 0 Å². The van der Waals surface area contributed by atoms with E-state index in [1.165, 1.54) is 11.3 Å². The molecule has 3 aromatic rings. The van der Waals surface area contributed by atoms with Gasteiger partial charge in [-0.3, -0.25) is 14.8 Å². The van der Waals surface area contributed by atoms with Crippen molar-refractivity contribution in [3.05, 3.63) is 76.1 Å². The molecule has 0 fully saturated rings. The largest absolute Gasteiger partial charge is 0.349 e. The van der Waals surface area contributed by atoms with Gasteiger partial charge in [-0.2, -0.15) is 0 Å². The molecular formula is C21H17N3O3S. The molecule has 0 spiro atoms. The summed E-state index contributed by atoms with van der Waals surface area (Å²) in [6.45, 7) is 0.414. The van der Waals surface area contributed by atoms with Gasteiger partial charge < -0.3 is 5.32 Å². The molecule has 0 atom stereocenters. The van der Waals surface area contributed by atoms with Crippen LogP contribution < -0.4 is 10.8 Å². The minimum atomic E-state index is -0.570. The van der Waals surface area contributed by atoms with Crippen LogP contribution in [0.4, 0.5) is 0 Å². The van der Waals surface area contributed by atoms with E-state index in [4.69, 9.17) is 5.21 Å². The number of amides is 2. The summed E-state index contributed by atoms with van der Waals surface area (Å²) in [5.41, 5.74) is 4.43. The third-order valence-corrected chi connectivity index (χ3v) is 4.63. The molecule has 3 N–H and O–H groups in total. The molecule has 0 saturated carbocycles. The van der Waals surface area contributed by atoms with E-state index in [0.29, 0.717) is 23.5 Å². The molecule has 0 saturated heterocycles. The Balaban J connectivity index is 1.48. The van der Waals surface area contributed by atoms with Crippen LogP contribution >= 0.6 is 11.3 Å². The van der Waals surface area contributed by atoms with Crippen LogP contribution in [0.1, 0.15) is 32.1 Å².